The third-order valence-corrected chi connectivity index (χ3v) is 4.57. The zero-order chi connectivity index (χ0) is 19.5. The number of pyridine rings is 2. The first-order valence-electron chi connectivity index (χ1n) is 8.88. The maximum atomic E-state index is 12.3. The second-order valence-corrected chi connectivity index (χ2v) is 6.34. The molecule has 0 fully saturated rings. The number of aromatic amines is 1. The third-order valence-electron chi connectivity index (χ3n) is 4.57. The minimum Gasteiger partial charge on any atom is -0.488 e. The van der Waals surface area contributed by atoms with Crippen molar-refractivity contribution < 1.29 is 14.3 Å². The van der Waals surface area contributed by atoms with Crippen molar-refractivity contribution in [2.45, 2.75) is 13.2 Å². The molecule has 2 N–H and O–H groups in total. The van der Waals surface area contributed by atoms with Gasteiger partial charge in [0.15, 0.2) is 0 Å². The molecule has 4 aromatic rings. The number of amides is 1. The molecule has 0 aliphatic heterocycles. The van der Waals surface area contributed by atoms with E-state index in [0.717, 1.165) is 38.7 Å². The number of aromatic nitrogens is 3. The van der Waals surface area contributed by atoms with Crippen LogP contribution in [0.1, 0.15) is 21.6 Å². The van der Waals surface area contributed by atoms with E-state index in [2.05, 4.69) is 20.3 Å². The second kappa shape index (κ2) is 7.66. The van der Waals surface area contributed by atoms with Crippen LogP contribution in [0.5, 0.6) is 5.75 Å². The fourth-order valence-electron chi connectivity index (χ4n) is 3.33. The third kappa shape index (κ3) is 3.16. The lowest BCUT2D eigenvalue weighted by Crippen LogP contribution is -2.21. The number of hydrogen-bond donors (Lipinski definition) is 2. The van der Waals surface area contributed by atoms with Crippen LogP contribution in [-0.4, -0.2) is 35.0 Å². The van der Waals surface area contributed by atoms with Crippen molar-refractivity contribution in [3.05, 3.63) is 65.7 Å². The Balaban J connectivity index is 1.89. The van der Waals surface area contributed by atoms with Crippen LogP contribution in [-0.2, 0) is 18.0 Å². The number of hydrogen-bond acceptors (Lipinski definition) is 5. The van der Waals surface area contributed by atoms with Crippen LogP contribution in [0.3, 0.4) is 0 Å². The van der Waals surface area contributed by atoms with Gasteiger partial charge >= 0.3 is 0 Å². The maximum Gasteiger partial charge on any atom is 0.270 e. The number of methoxy groups -OCH3 is 1. The fourth-order valence-corrected chi connectivity index (χ4v) is 3.33. The van der Waals surface area contributed by atoms with Gasteiger partial charge in [-0.25, -0.2) is 4.98 Å². The molecule has 0 aliphatic rings. The molecule has 0 atom stereocenters. The Bertz CT molecular complexity index is 1140. The number of ether oxygens (including phenoxy) is 2. The maximum absolute atomic E-state index is 12.3. The van der Waals surface area contributed by atoms with Crippen molar-refractivity contribution in [1.29, 1.82) is 0 Å². The summed E-state index contributed by atoms with van der Waals surface area (Å²) in [6, 6.07) is 9.67. The number of H-pyrrole nitrogens is 1. The molecule has 0 spiro atoms. The Kier molecular flexibility index (Phi) is 4.90. The smallest absolute Gasteiger partial charge is 0.270 e. The molecule has 0 bridgehead atoms. The minimum atomic E-state index is -0.253. The summed E-state index contributed by atoms with van der Waals surface area (Å²) in [6.07, 6.45) is 5.18. The number of nitrogens with zero attached hydrogens (tertiary/aromatic N) is 2. The number of carbonyl (C=O) groups is 1. The lowest BCUT2D eigenvalue weighted by atomic mass is 10.0. The Morgan fingerprint density at radius 2 is 2.00 bits per heavy atom. The monoisotopic (exact) mass is 376 g/mol. The van der Waals surface area contributed by atoms with Crippen LogP contribution in [0.4, 0.5) is 0 Å². The summed E-state index contributed by atoms with van der Waals surface area (Å²) in [7, 11) is 3.18. The van der Waals surface area contributed by atoms with E-state index in [-0.39, 0.29) is 12.5 Å². The van der Waals surface area contributed by atoms with Crippen molar-refractivity contribution in [1.82, 2.24) is 20.3 Å². The van der Waals surface area contributed by atoms with Gasteiger partial charge in [0.2, 0.25) is 0 Å². The van der Waals surface area contributed by atoms with E-state index in [1.165, 1.54) is 0 Å². The van der Waals surface area contributed by atoms with Gasteiger partial charge in [-0.15, -0.1) is 0 Å². The molecule has 7 nitrogen and oxygen atoms in total. The molecular formula is C21H20N4O3. The molecule has 0 unspecified atom stereocenters. The summed E-state index contributed by atoms with van der Waals surface area (Å²) in [5, 5.41) is 4.43. The second-order valence-electron chi connectivity index (χ2n) is 6.34. The van der Waals surface area contributed by atoms with E-state index < -0.39 is 0 Å². The molecular weight excluding hydrogens is 356 g/mol. The minimum absolute atomic E-state index is 0.253. The molecule has 0 aliphatic carbocycles. The summed E-state index contributed by atoms with van der Waals surface area (Å²) in [5.74, 6) is 0.469. The highest BCUT2D eigenvalue weighted by molar-refractivity contribution is 6.14. The quantitative estimate of drug-likeness (QED) is 0.539. The van der Waals surface area contributed by atoms with Crippen molar-refractivity contribution in [3.8, 4) is 5.75 Å². The zero-order valence-corrected chi connectivity index (χ0v) is 15.7. The molecule has 0 saturated heterocycles. The first kappa shape index (κ1) is 17.9. The molecule has 3 heterocycles. The molecule has 0 saturated carbocycles. The van der Waals surface area contributed by atoms with Crippen LogP contribution in [0.25, 0.3) is 21.8 Å². The molecule has 4 rings (SSSR count). The molecule has 3 aromatic heterocycles. The first-order valence-corrected chi connectivity index (χ1v) is 8.88. The summed E-state index contributed by atoms with van der Waals surface area (Å²) in [6.45, 7) is 0.656. The van der Waals surface area contributed by atoms with E-state index in [9.17, 15) is 4.79 Å². The van der Waals surface area contributed by atoms with Gasteiger partial charge in [-0.3, -0.25) is 9.78 Å². The SMILES string of the molecule is CNC(=O)c1ncc2[nH]c3cccc(OCc4cccnc4)c3c2c1COC. The molecule has 1 amide bonds. The summed E-state index contributed by atoms with van der Waals surface area (Å²) < 4.78 is 11.5. The van der Waals surface area contributed by atoms with Crippen LogP contribution < -0.4 is 10.1 Å². The van der Waals surface area contributed by atoms with Gasteiger partial charge in [-0.2, -0.15) is 0 Å². The fraction of sp³-hybridized carbons (Fsp3) is 0.190. The van der Waals surface area contributed by atoms with Crippen LogP contribution in [0.2, 0.25) is 0 Å². The average molecular weight is 376 g/mol. The lowest BCUT2D eigenvalue weighted by Gasteiger charge is -2.11. The van der Waals surface area contributed by atoms with Gasteiger partial charge in [0.05, 0.1) is 23.8 Å². The average Bonchev–Trinajstić information content (AvgIpc) is 3.12. The molecule has 28 heavy (non-hydrogen) atoms. The van der Waals surface area contributed by atoms with Crippen LogP contribution in [0, 0.1) is 0 Å². The predicted octanol–water partition coefficient (Wildman–Crippen LogP) is 3.20. The van der Waals surface area contributed by atoms with Gasteiger partial charge in [-0.05, 0) is 18.2 Å². The summed E-state index contributed by atoms with van der Waals surface area (Å²) in [5.41, 5.74) is 3.78. The lowest BCUT2D eigenvalue weighted by molar-refractivity contribution is 0.0953. The summed E-state index contributed by atoms with van der Waals surface area (Å²) in [4.78, 5) is 24.2. The van der Waals surface area contributed by atoms with Gasteiger partial charge in [-0.1, -0.05) is 12.1 Å². The van der Waals surface area contributed by atoms with E-state index in [1.54, 1.807) is 32.7 Å². The van der Waals surface area contributed by atoms with E-state index >= 15 is 0 Å². The predicted molar refractivity (Wildman–Crippen MR) is 106 cm³/mol. The number of nitrogens with one attached hydrogen (secondary N) is 2. The van der Waals surface area contributed by atoms with E-state index in [4.69, 9.17) is 9.47 Å². The molecule has 7 heteroatoms. The number of fused-ring (bicyclic) bond motifs is 3. The summed E-state index contributed by atoms with van der Waals surface area (Å²) >= 11 is 0. The standard InChI is InChI=1S/C21H20N4O3/c1-22-21(26)20-14(12-27-2)18-16(10-24-20)25-15-6-3-7-17(19(15)18)28-11-13-5-4-8-23-9-13/h3-10,25H,11-12H2,1-2H3,(H,22,26). The Morgan fingerprint density at radius 3 is 2.75 bits per heavy atom. The highest BCUT2D eigenvalue weighted by Gasteiger charge is 2.20. The van der Waals surface area contributed by atoms with Gasteiger partial charge < -0.3 is 19.8 Å². The molecule has 1 aromatic carbocycles. The highest BCUT2D eigenvalue weighted by Crippen LogP contribution is 2.36. The van der Waals surface area contributed by atoms with Crippen molar-refractivity contribution in [2.24, 2.45) is 0 Å². The normalized spacial score (nSPS) is 11.1. The molecule has 142 valence electrons. The van der Waals surface area contributed by atoms with Gasteiger partial charge in [0.25, 0.3) is 5.91 Å². The van der Waals surface area contributed by atoms with Crippen molar-refractivity contribution >= 4 is 27.7 Å². The molecule has 0 radical (unpaired) electrons. The first-order chi connectivity index (χ1) is 13.7. The number of rotatable bonds is 6. The number of benzene rings is 1. The van der Waals surface area contributed by atoms with Gasteiger partial charge in [0.1, 0.15) is 18.1 Å². The van der Waals surface area contributed by atoms with Crippen LogP contribution in [0.15, 0.2) is 48.9 Å². The largest absolute Gasteiger partial charge is 0.488 e. The zero-order valence-electron chi connectivity index (χ0n) is 15.7. The van der Waals surface area contributed by atoms with E-state index in [0.29, 0.717) is 12.3 Å². The Morgan fingerprint density at radius 1 is 1.11 bits per heavy atom. The number of carbonyl (C=O) groups excluding carboxylic acids is 1. The van der Waals surface area contributed by atoms with Crippen molar-refractivity contribution in [2.75, 3.05) is 14.2 Å². The van der Waals surface area contributed by atoms with Crippen LogP contribution >= 0.6 is 0 Å². The topological polar surface area (TPSA) is 89.1 Å². The van der Waals surface area contributed by atoms with E-state index in [1.807, 2.05) is 30.3 Å². The Hall–Kier alpha value is -3.45. The van der Waals surface area contributed by atoms with Crippen molar-refractivity contribution in [3.63, 3.8) is 0 Å². The highest BCUT2D eigenvalue weighted by atomic mass is 16.5. The Labute approximate surface area is 161 Å². The van der Waals surface area contributed by atoms with Gasteiger partial charge in [0, 0.05) is 48.5 Å².